The second-order valence-corrected chi connectivity index (χ2v) is 9.31. The van der Waals surface area contributed by atoms with Crippen LogP contribution in [0.1, 0.15) is 35.0 Å². The highest BCUT2D eigenvalue weighted by molar-refractivity contribution is 6.30. The van der Waals surface area contributed by atoms with Gasteiger partial charge in [0.15, 0.2) is 0 Å². The van der Waals surface area contributed by atoms with Gasteiger partial charge in [-0.2, -0.15) is 0 Å². The number of nitrogens with one attached hydrogen (secondary N) is 2. The number of hydrogen-bond donors (Lipinski definition) is 2. The van der Waals surface area contributed by atoms with Gasteiger partial charge < -0.3 is 10.3 Å². The van der Waals surface area contributed by atoms with E-state index in [-0.39, 0.29) is 24.3 Å². The van der Waals surface area contributed by atoms with Gasteiger partial charge in [-0.05, 0) is 65.4 Å². The Hall–Kier alpha value is -4.10. The minimum atomic E-state index is -0.698. The lowest BCUT2D eigenvalue weighted by atomic mass is 9.95. The monoisotopic (exact) mass is 517 g/mol. The maximum atomic E-state index is 14.0. The Labute approximate surface area is 216 Å². The molecule has 0 aliphatic heterocycles. The van der Waals surface area contributed by atoms with Crippen molar-refractivity contribution < 1.29 is 13.6 Å². The lowest BCUT2D eigenvalue weighted by molar-refractivity contribution is -0.120. The van der Waals surface area contributed by atoms with E-state index in [2.05, 4.69) is 15.3 Å². The number of nitrogens with zero attached hydrogens (tertiary/aromatic N) is 1. The number of carbonyl (C=O) groups is 1. The number of aromatic nitrogens is 2. The van der Waals surface area contributed by atoms with E-state index in [1.165, 1.54) is 18.2 Å². The van der Waals surface area contributed by atoms with Crippen LogP contribution in [-0.2, 0) is 17.6 Å². The Morgan fingerprint density at radius 1 is 1.05 bits per heavy atom. The van der Waals surface area contributed by atoms with E-state index in [0.29, 0.717) is 28.4 Å². The van der Waals surface area contributed by atoms with Gasteiger partial charge in [0.05, 0.1) is 18.2 Å². The first-order chi connectivity index (χ1) is 17.9. The number of carbonyl (C=O) groups excluding carboxylic acids is 1. The largest absolute Gasteiger partial charge is 0.347 e. The van der Waals surface area contributed by atoms with Gasteiger partial charge >= 0.3 is 0 Å². The summed E-state index contributed by atoms with van der Waals surface area (Å²) in [5, 5.41) is 3.59. The molecule has 0 radical (unpaired) electrons. The van der Waals surface area contributed by atoms with Gasteiger partial charge in [-0.3, -0.25) is 14.6 Å². The molecule has 4 aromatic rings. The zero-order valence-electron chi connectivity index (χ0n) is 19.6. The zero-order valence-corrected chi connectivity index (χ0v) is 20.4. The van der Waals surface area contributed by atoms with Gasteiger partial charge in [-0.1, -0.05) is 41.9 Å². The van der Waals surface area contributed by atoms with E-state index in [9.17, 15) is 18.4 Å². The quantitative estimate of drug-likeness (QED) is 0.325. The molecular formula is C29H22ClF2N3O2. The summed E-state index contributed by atoms with van der Waals surface area (Å²) in [6, 6.07) is 16.7. The van der Waals surface area contributed by atoms with Gasteiger partial charge in [0.25, 0.3) is 0 Å². The van der Waals surface area contributed by atoms with Crippen LogP contribution in [0.2, 0.25) is 5.02 Å². The number of benzene rings is 2. The number of hydrogen-bond acceptors (Lipinski definition) is 3. The van der Waals surface area contributed by atoms with Crippen LogP contribution in [0.3, 0.4) is 0 Å². The van der Waals surface area contributed by atoms with Crippen LogP contribution in [0.4, 0.5) is 8.78 Å². The number of H-pyrrole nitrogens is 1. The van der Waals surface area contributed by atoms with Crippen LogP contribution in [0, 0.1) is 11.6 Å². The summed E-state index contributed by atoms with van der Waals surface area (Å²) in [6.07, 6.45) is 4.30. The van der Waals surface area contributed by atoms with Gasteiger partial charge in [-0.25, -0.2) is 8.78 Å². The third kappa shape index (κ3) is 5.67. The van der Waals surface area contributed by atoms with Crippen LogP contribution in [-0.4, -0.2) is 15.9 Å². The van der Waals surface area contributed by atoms with Crippen molar-refractivity contribution in [1.82, 2.24) is 15.3 Å². The van der Waals surface area contributed by atoms with Crippen molar-refractivity contribution in [1.29, 1.82) is 0 Å². The lowest BCUT2D eigenvalue weighted by Crippen LogP contribution is -2.31. The number of allylic oxidation sites excluding steroid dienone is 1. The van der Waals surface area contributed by atoms with Crippen LogP contribution < -0.4 is 10.9 Å². The van der Waals surface area contributed by atoms with Gasteiger partial charge in [0, 0.05) is 34.6 Å². The predicted octanol–water partition coefficient (Wildman–Crippen LogP) is 5.80. The summed E-state index contributed by atoms with van der Waals surface area (Å²) in [4.78, 5) is 32.4. The first-order valence-corrected chi connectivity index (χ1v) is 12.1. The molecule has 1 atom stereocenters. The fourth-order valence-electron chi connectivity index (χ4n) is 4.62. The Kier molecular flexibility index (Phi) is 6.97. The van der Waals surface area contributed by atoms with Crippen molar-refractivity contribution in [3.63, 3.8) is 0 Å². The van der Waals surface area contributed by atoms with Crippen molar-refractivity contribution in [3.05, 3.63) is 129 Å². The third-order valence-corrected chi connectivity index (χ3v) is 6.52. The summed E-state index contributed by atoms with van der Waals surface area (Å²) in [5.41, 5.74) is 4.62. The fourth-order valence-corrected chi connectivity index (χ4v) is 4.75. The normalized spacial score (nSPS) is 13.1. The number of fused-ring (bicyclic) bond motifs is 1. The number of amides is 1. The summed E-state index contributed by atoms with van der Waals surface area (Å²) in [5.74, 6) is -1.70. The Bertz CT molecular complexity index is 1540. The molecule has 2 aromatic heterocycles. The molecule has 1 amide bonds. The second kappa shape index (κ2) is 10.5. The van der Waals surface area contributed by atoms with Crippen LogP contribution >= 0.6 is 11.6 Å². The third-order valence-electron chi connectivity index (χ3n) is 6.27. The Morgan fingerprint density at radius 2 is 1.81 bits per heavy atom. The predicted molar refractivity (Wildman–Crippen MR) is 139 cm³/mol. The van der Waals surface area contributed by atoms with Crippen molar-refractivity contribution >= 4 is 23.1 Å². The molecule has 2 N–H and O–H groups in total. The van der Waals surface area contributed by atoms with Gasteiger partial charge in [-0.15, -0.1) is 0 Å². The minimum Gasteiger partial charge on any atom is -0.347 e. The highest BCUT2D eigenvalue weighted by atomic mass is 35.5. The zero-order chi connectivity index (χ0) is 25.9. The summed E-state index contributed by atoms with van der Waals surface area (Å²) in [6.45, 7) is 0. The molecule has 0 unspecified atom stereocenters. The number of aromatic amines is 1. The summed E-state index contributed by atoms with van der Waals surface area (Å²) >= 11 is 6.06. The highest BCUT2D eigenvalue weighted by Gasteiger charge is 2.24. The standard InChI is InChI=1S/C29H22ClF2N3O2/c30-21-8-5-18(6-9-21)24-2-1-11-33-29(24)25(14-17-12-22(31)16-23(32)13-17)34-27(37)15-20-4-3-19-7-10-26(36)35-28(19)20/h1-2,4-13,16,25H,3,14-15H2,(H,34,37)(H,35,36)/t25-/m0/s1. The Balaban J connectivity index is 1.47. The molecule has 186 valence electrons. The van der Waals surface area contributed by atoms with E-state index >= 15 is 0 Å². The van der Waals surface area contributed by atoms with E-state index in [4.69, 9.17) is 11.6 Å². The summed E-state index contributed by atoms with van der Waals surface area (Å²) < 4.78 is 28.0. The van der Waals surface area contributed by atoms with Gasteiger partial charge in [0.2, 0.25) is 11.5 Å². The van der Waals surface area contributed by atoms with E-state index in [1.54, 1.807) is 30.5 Å². The van der Waals surface area contributed by atoms with Crippen molar-refractivity contribution in [3.8, 4) is 11.1 Å². The molecule has 0 saturated heterocycles. The molecular weight excluding hydrogens is 496 g/mol. The molecule has 0 saturated carbocycles. The molecule has 2 heterocycles. The molecule has 37 heavy (non-hydrogen) atoms. The van der Waals surface area contributed by atoms with E-state index in [0.717, 1.165) is 28.3 Å². The molecule has 0 bridgehead atoms. The van der Waals surface area contributed by atoms with Crippen LogP contribution in [0.15, 0.2) is 83.8 Å². The highest BCUT2D eigenvalue weighted by Crippen LogP contribution is 2.31. The van der Waals surface area contributed by atoms with Crippen LogP contribution in [0.25, 0.3) is 16.7 Å². The topological polar surface area (TPSA) is 74.8 Å². The number of halogens is 3. The Morgan fingerprint density at radius 3 is 2.57 bits per heavy atom. The summed E-state index contributed by atoms with van der Waals surface area (Å²) in [7, 11) is 0. The van der Waals surface area contributed by atoms with E-state index in [1.807, 2.05) is 24.3 Å². The average molecular weight is 518 g/mol. The average Bonchev–Trinajstić information content (AvgIpc) is 3.25. The smallest absolute Gasteiger partial charge is 0.248 e. The maximum Gasteiger partial charge on any atom is 0.248 e. The lowest BCUT2D eigenvalue weighted by Gasteiger charge is -2.22. The molecule has 1 aliphatic carbocycles. The SMILES string of the molecule is O=C(CC1=CCc2ccc(=O)[nH]c21)N[C@@H](Cc1cc(F)cc(F)c1)c1ncccc1-c1ccc(Cl)cc1. The van der Waals surface area contributed by atoms with Crippen molar-refractivity contribution in [2.75, 3.05) is 0 Å². The molecule has 0 spiro atoms. The minimum absolute atomic E-state index is 0.0318. The molecule has 1 aliphatic rings. The molecule has 5 nitrogen and oxygen atoms in total. The van der Waals surface area contributed by atoms with Crippen molar-refractivity contribution in [2.24, 2.45) is 0 Å². The van der Waals surface area contributed by atoms with Crippen LogP contribution in [0.5, 0.6) is 0 Å². The molecule has 5 rings (SSSR count). The molecule has 2 aromatic carbocycles. The second-order valence-electron chi connectivity index (χ2n) is 8.88. The molecule has 8 heteroatoms. The number of pyridine rings is 2. The fraction of sp³-hybridized carbons (Fsp3) is 0.138. The van der Waals surface area contributed by atoms with Crippen molar-refractivity contribution in [2.45, 2.75) is 25.3 Å². The molecule has 0 fully saturated rings. The van der Waals surface area contributed by atoms with Gasteiger partial charge in [0.1, 0.15) is 11.6 Å². The number of rotatable bonds is 7. The first kappa shape index (κ1) is 24.6. The maximum absolute atomic E-state index is 14.0. The van der Waals surface area contributed by atoms with E-state index < -0.39 is 17.7 Å². The first-order valence-electron chi connectivity index (χ1n) is 11.7.